The highest BCUT2D eigenvalue weighted by Crippen LogP contribution is 1.93. The van der Waals surface area contributed by atoms with Crippen LogP contribution in [0.4, 0.5) is 0 Å². The van der Waals surface area contributed by atoms with Crippen molar-refractivity contribution in [1.82, 2.24) is 4.57 Å². The van der Waals surface area contributed by atoms with Gasteiger partial charge in [0.25, 0.3) is 0 Å². The Balaban J connectivity index is 2.74. The van der Waals surface area contributed by atoms with Gasteiger partial charge in [0.2, 0.25) is 0 Å². The molecule has 0 bridgehead atoms. The summed E-state index contributed by atoms with van der Waals surface area (Å²) in [6, 6.07) is 1.44. The zero-order chi connectivity index (χ0) is 9.84. The second kappa shape index (κ2) is 3.89. The van der Waals surface area contributed by atoms with Crippen molar-refractivity contribution in [3.05, 3.63) is 34.2 Å². The minimum absolute atomic E-state index is 0.0217. The zero-order valence-corrected chi connectivity index (χ0v) is 7.36. The molecule has 13 heavy (non-hydrogen) atoms. The fourth-order valence-corrected chi connectivity index (χ4v) is 1.01. The highest BCUT2D eigenvalue weighted by molar-refractivity contribution is 5.66. The lowest BCUT2D eigenvalue weighted by atomic mass is 10.3. The number of nitrogens with zero attached hydrogens (tertiary/aromatic N) is 1. The largest absolute Gasteiger partial charge is 0.481 e. The van der Waals surface area contributed by atoms with Gasteiger partial charge in [-0.2, -0.15) is 0 Å². The Bertz CT molecular complexity index is 367. The summed E-state index contributed by atoms with van der Waals surface area (Å²) in [6.45, 7) is 2.11. The maximum absolute atomic E-state index is 11.0. The molecule has 0 saturated heterocycles. The molecule has 1 heterocycles. The highest BCUT2D eigenvalue weighted by Gasteiger charge is 1.98. The number of aromatic nitrogens is 1. The van der Waals surface area contributed by atoms with Crippen molar-refractivity contribution >= 4 is 5.97 Å². The summed E-state index contributed by atoms with van der Waals surface area (Å²) in [6.07, 6.45) is 3.33. The summed E-state index contributed by atoms with van der Waals surface area (Å²) in [4.78, 5) is 21.2. The summed E-state index contributed by atoms with van der Waals surface area (Å²) >= 11 is 0. The van der Waals surface area contributed by atoms with Crippen molar-refractivity contribution in [3.63, 3.8) is 0 Å². The molecular formula is C9H11NO3. The first kappa shape index (κ1) is 9.51. The van der Waals surface area contributed by atoms with E-state index in [1.165, 1.54) is 6.07 Å². The Morgan fingerprint density at radius 3 is 2.85 bits per heavy atom. The van der Waals surface area contributed by atoms with Gasteiger partial charge < -0.3 is 9.67 Å². The van der Waals surface area contributed by atoms with Gasteiger partial charge in [0.05, 0.1) is 6.42 Å². The Morgan fingerprint density at radius 2 is 2.31 bits per heavy atom. The predicted octanol–water partition coefficient (Wildman–Crippen LogP) is 0.631. The van der Waals surface area contributed by atoms with Crippen LogP contribution in [0.25, 0.3) is 0 Å². The first-order chi connectivity index (χ1) is 6.09. The fourth-order valence-electron chi connectivity index (χ4n) is 1.01. The molecule has 4 nitrogen and oxygen atoms in total. The zero-order valence-electron chi connectivity index (χ0n) is 7.36. The quantitative estimate of drug-likeness (QED) is 0.744. The molecule has 0 aromatic carbocycles. The van der Waals surface area contributed by atoms with E-state index in [-0.39, 0.29) is 11.8 Å². The molecule has 0 unspecified atom stereocenters. The van der Waals surface area contributed by atoms with Crippen molar-refractivity contribution in [2.75, 3.05) is 0 Å². The molecule has 0 aliphatic carbocycles. The van der Waals surface area contributed by atoms with Gasteiger partial charge in [-0.15, -0.1) is 0 Å². The second-order valence-electron chi connectivity index (χ2n) is 2.87. The van der Waals surface area contributed by atoms with Gasteiger partial charge in [-0.05, 0) is 6.92 Å². The van der Waals surface area contributed by atoms with Crippen molar-refractivity contribution in [1.29, 1.82) is 0 Å². The topological polar surface area (TPSA) is 59.3 Å². The van der Waals surface area contributed by atoms with Crippen molar-refractivity contribution in [2.45, 2.75) is 19.9 Å². The van der Waals surface area contributed by atoms with E-state index in [4.69, 9.17) is 5.11 Å². The van der Waals surface area contributed by atoms with Gasteiger partial charge in [0.1, 0.15) is 0 Å². The van der Waals surface area contributed by atoms with E-state index >= 15 is 0 Å². The molecule has 1 aromatic heterocycles. The molecule has 1 aromatic rings. The molecule has 0 spiro atoms. The lowest BCUT2D eigenvalue weighted by Gasteiger charge is -2.03. The van der Waals surface area contributed by atoms with Crippen LogP contribution in [0.5, 0.6) is 0 Å². The van der Waals surface area contributed by atoms with E-state index in [2.05, 4.69) is 0 Å². The Kier molecular flexibility index (Phi) is 2.84. The van der Waals surface area contributed by atoms with Crippen LogP contribution in [0.2, 0.25) is 0 Å². The molecule has 0 amide bonds. The number of hydrogen-bond acceptors (Lipinski definition) is 2. The minimum atomic E-state index is -0.837. The lowest BCUT2D eigenvalue weighted by Crippen LogP contribution is -2.10. The third kappa shape index (κ3) is 2.74. The number of carbonyl (C=O) groups is 1. The molecule has 0 saturated carbocycles. The Morgan fingerprint density at radius 1 is 1.62 bits per heavy atom. The number of carboxylic acids is 1. The SMILES string of the molecule is Cc1cn(CCC(=O)O)ccc1=O. The Hall–Kier alpha value is -1.58. The van der Waals surface area contributed by atoms with Crippen LogP contribution in [-0.4, -0.2) is 15.6 Å². The number of carboxylic acid groups (broad SMARTS) is 1. The first-order valence-corrected chi connectivity index (χ1v) is 3.98. The number of rotatable bonds is 3. The fraction of sp³-hybridized carbons (Fsp3) is 0.333. The summed E-state index contributed by atoms with van der Waals surface area (Å²) in [5.74, 6) is -0.837. The molecule has 4 heteroatoms. The number of pyridine rings is 1. The van der Waals surface area contributed by atoms with Gasteiger partial charge in [-0.3, -0.25) is 9.59 Å². The van der Waals surface area contributed by atoms with E-state index in [9.17, 15) is 9.59 Å². The summed E-state index contributed by atoms with van der Waals surface area (Å²) in [5, 5.41) is 8.42. The predicted molar refractivity (Wildman–Crippen MR) is 47.7 cm³/mol. The van der Waals surface area contributed by atoms with Crippen LogP contribution >= 0.6 is 0 Å². The van der Waals surface area contributed by atoms with E-state index in [0.29, 0.717) is 12.1 Å². The van der Waals surface area contributed by atoms with E-state index in [0.717, 1.165) is 0 Å². The third-order valence-electron chi connectivity index (χ3n) is 1.75. The molecular weight excluding hydrogens is 170 g/mol. The van der Waals surface area contributed by atoms with E-state index in [1.54, 1.807) is 23.9 Å². The smallest absolute Gasteiger partial charge is 0.305 e. The summed E-state index contributed by atoms with van der Waals surface area (Å²) < 4.78 is 1.70. The molecule has 0 atom stereocenters. The number of aliphatic carboxylic acids is 1. The van der Waals surface area contributed by atoms with E-state index in [1.807, 2.05) is 0 Å². The van der Waals surface area contributed by atoms with Crippen LogP contribution in [0.1, 0.15) is 12.0 Å². The highest BCUT2D eigenvalue weighted by atomic mass is 16.4. The normalized spacial score (nSPS) is 9.92. The average Bonchev–Trinajstić information content (AvgIpc) is 2.07. The van der Waals surface area contributed by atoms with Crippen LogP contribution in [0.15, 0.2) is 23.3 Å². The molecule has 0 radical (unpaired) electrons. The molecule has 0 aliphatic rings. The average molecular weight is 181 g/mol. The van der Waals surface area contributed by atoms with Gasteiger partial charge in [-0.1, -0.05) is 0 Å². The van der Waals surface area contributed by atoms with Gasteiger partial charge >= 0.3 is 5.97 Å². The van der Waals surface area contributed by atoms with Crippen molar-refractivity contribution in [2.24, 2.45) is 0 Å². The number of hydrogen-bond donors (Lipinski definition) is 1. The van der Waals surface area contributed by atoms with Gasteiger partial charge in [0, 0.05) is 30.6 Å². The third-order valence-corrected chi connectivity index (χ3v) is 1.75. The van der Waals surface area contributed by atoms with Crippen molar-refractivity contribution < 1.29 is 9.90 Å². The Labute approximate surface area is 75.4 Å². The summed E-state index contributed by atoms with van der Waals surface area (Å²) in [7, 11) is 0. The van der Waals surface area contributed by atoms with E-state index < -0.39 is 5.97 Å². The van der Waals surface area contributed by atoms with Crippen LogP contribution in [0, 0.1) is 6.92 Å². The first-order valence-electron chi connectivity index (χ1n) is 3.98. The molecule has 70 valence electrons. The standard InChI is InChI=1S/C9H11NO3/c1-7-6-10(4-2-8(7)11)5-3-9(12)13/h2,4,6H,3,5H2,1H3,(H,12,13). The molecule has 0 aliphatic heterocycles. The molecule has 1 rings (SSSR count). The molecule has 1 N–H and O–H groups in total. The van der Waals surface area contributed by atoms with Crippen LogP contribution in [-0.2, 0) is 11.3 Å². The van der Waals surface area contributed by atoms with Gasteiger partial charge in [-0.25, -0.2) is 0 Å². The maximum atomic E-state index is 11.0. The minimum Gasteiger partial charge on any atom is -0.481 e. The monoisotopic (exact) mass is 181 g/mol. The van der Waals surface area contributed by atoms with Gasteiger partial charge in [0.15, 0.2) is 5.43 Å². The van der Waals surface area contributed by atoms with Crippen molar-refractivity contribution in [3.8, 4) is 0 Å². The lowest BCUT2D eigenvalue weighted by molar-refractivity contribution is -0.137. The van der Waals surface area contributed by atoms with Crippen LogP contribution in [0.3, 0.4) is 0 Å². The van der Waals surface area contributed by atoms with Crippen LogP contribution < -0.4 is 5.43 Å². The number of aryl methyl sites for hydroxylation is 2. The summed E-state index contributed by atoms with van der Waals surface area (Å²) in [5.41, 5.74) is 0.611. The molecule has 0 fully saturated rings. The maximum Gasteiger partial charge on any atom is 0.305 e. The second-order valence-corrected chi connectivity index (χ2v) is 2.87.